The predicted molar refractivity (Wildman–Crippen MR) is 73.5 cm³/mol. The number of hydrogen-bond acceptors (Lipinski definition) is 2. The van der Waals surface area contributed by atoms with Crippen molar-refractivity contribution in [2.24, 2.45) is 5.92 Å². The maximum atomic E-state index is 10.5. The van der Waals surface area contributed by atoms with Crippen LogP contribution in [0.3, 0.4) is 0 Å². The predicted octanol–water partition coefficient (Wildman–Crippen LogP) is 2.77. The molecule has 0 amide bonds. The van der Waals surface area contributed by atoms with Gasteiger partial charge in [-0.2, -0.15) is 0 Å². The molecule has 3 unspecified atom stereocenters. The molecule has 2 heteroatoms. The number of aliphatic hydroxyl groups excluding tert-OH is 1. The molecule has 1 aromatic carbocycles. The molecule has 2 nitrogen and oxygen atoms in total. The van der Waals surface area contributed by atoms with Gasteiger partial charge in [-0.15, -0.1) is 0 Å². The summed E-state index contributed by atoms with van der Waals surface area (Å²) in [4.78, 5) is 2.52. The van der Waals surface area contributed by atoms with Gasteiger partial charge in [-0.3, -0.25) is 4.90 Å². The first kappa shape index (κ1) is 12.2. The van der Waals surface area contributed by atoms with E-state index in [-0.39, 0.29) is 6.10 Å². The molecule has 1 aliphatic carbocycles. The van der Waals surface area contributed by atoms with Gasteiger partial charge in [0.2, 0.25) is 0 Å². The molecule has 0 saturated carbocycles. The van der Waals surface area contributed by atoms with Crippen LogP contribution in [0.5, 0.6) is 0 Å². The highest BCUT2D eigenvalue weighted by Crippen LogP contribution is 2.35. The Balaban J connectivity index is 1.75. The summed E-state index contributed by atoms with van der Waals surface area (Å²) >= 11 is 0. The van der Waals surface area contributed by atoms with Gasteiger partial charge in [0.05, 0.1) is 6.10 Å². The van der Waals surface area contributed by atoms with E-state index in [2.05, 4.69) is 30.0 Å². The third-order valence-corrected chi connectivity index (χ3v) is 4.69. The molecule has 98 valence electrons. The second kappa shape index (κ2) is 5.02. The Morgan fingerprint density at radius 2 is 2.00 bits per heavy atom. The Hall–Kier alpha value is -0.860. The van der Waals surface area contributed by atoms with Crippen LogP contribution in [0, 0.1) is 5.92 Å². The Morgan fingerprint density at radius 1 is 1.17 bits per heavy atom. The number of likely N-dealkylation sites (tertiary alicyclic amines) is 1. The fourth-order valence-electron chi connectivity index (χ4n) is 3.50. The molecule has 1 aliphatic heterocycles. The summed E-state index contributed by atoms with van der Waals surface area (Å²) in [5.74, 6) is 0.843. The van der Waals surface area contributed by atoms with Gasteiger partial charge in [-0.05, 0) is 55.8 Å². The zero-order valence-corrected chi connectivity index (χ0v) is 11.2. The molecule has 1 fully saturated rings. The SMILES string of the molecule is CC1CCCN(C2Cc3ccccc3C2O)CC1. The second-order valence-electron chi connectivity index (χ2n) is 5.99. The average Bonchev–Trinajstić information content (AvgIpc) is 2.57. The van der Waals surface area contributed by atoms with Gasteiger partial charge in [-0.25, -0.2) is 0 Å². The Labute approximate surface area is 110 Å². The molecule has 1 aromatic rings. The highest BCUT2D eigenvalue weighted by Gasteiger charge is 2.35. The minimum atomic E-state index is -0.283. The number of nitrogens with zero attached hydrogens (tertiary/aromatic N) is 1. The first-order valence-electron chi connectivity index (χ1n) is 7.25. The fourth-order valence-corrected chi connectivity index (χ4v) is 3.50. The fraction of sp³-hybridized carbons (Fsp3) is 0.625. The van der Waals surface area contributed by atoms with E-state index >= 15 is 0 Å². The number of rotatable bonds is 1. The van der Waals surface area contributed by atoms with Crippen molar-refractivity contribution in [1.29, 1.82) is 0 Å². The van der Waals surface area contributed by atoms with Crippen molar-refractivity contribution in [2.45, 2.75) is 44.8 Å². The van der Waals surface area contributed by atoms with Crippen LogP contribution in [0.15, 0.2) is 24.3 Å². The third-order valence-electron chi connectivity index (χ3n) is 4.69. The summed E-state index contributed by atoms with van der Waals surface area (Å²) in [7, 11) is 0. The van der Waals surface area contributed by atoms with Gasteiger partial charge in [0, 0.05) is 6.04 Å². The van der Waals surface area contributed by atoms with E-state index < -0.39 is 0 Å². The molecule has 0 radical (unpaired) electrons. The van der Waals surface area contributed by atoms with Gasteiger partial charge in [0.1, 0.15) is 0 Å². The number of fused-ring (bicyclic) bond motifs is 1. The van der Waals surface area contributed by atoms with Crippen LogP contribution in [0.2, 0.25) is 0 Å². The van der Waals surface area contributed by atoms with Crippen LogP contribution in [0.25, 0.3) is 0 Å². The molecular weight excluding hydrogens is 222 g/mol. The summed E-state index contributed by atoms with van der Waals surface area (Å²) in [5, 5.41) is 10.5. The smallest absolute Gasteiger partial charge is 0.0951 e. The van der Waals surface area contributed by atoms with E-state index in [1.54, 1.807) is 0 Å². The van der Waals surface area contributed by atoms with Crippen molar-refractivity contribution in [3.8, 4) is 0 Å². The number of aliphatic hydroxyl groups is 1. The van der Waals surface area contributed by atoms with Crippen LogP contribution in [-0.2, 0) is 6.42 Å². The molecule has 1 heterocycles. The van der Waals surface area contributed by atoms with Crippen molar-refractivity contribution >= 4 is 0 Å². The number of hydrogen-bond donors (Lipinski definition) is 1. The molecule has 2 aliphatic rings. The molecule has 3 atom stereocenters. The van der Waals surface area contributed by atoms with Gasteiger partial charge >= 0.3 is 0 Å². The molecule has 1 saturated heterocycles. The molecule has 0 bridgehead atoms. The van der Waals surface area contributed by atoms with Crippen LogP contribution >= 0.6 is 0 Å². The maximum absolute atomic E-state index is 10.5. The average molecular weight is 245 g/mol. The van der Waals surface area contributed by atoms with Crippen LogP contribution in [0.4, 0.5) is 0 Å². The lowest BCUT2D eigenvalue weighted by Gasteiger charge is -2.30. The van der Waals surface area contributed by atoms with Crippen molar-refractivity contribution in [3.05, 3.63) is 35.4 Å². The minimum absolute atomic E-state index is 0.283. The van der Waals surface area contributed by atoms with Crippen LogP contribution < -0.4 is 0 Å². The van der Waals surface area contributed by atoms with Crippen molar-refractivity contribution in [3.63, 3.8) is 0 Å². The zero-order valence-electron chi connectivity index (χ0n) is 11.2. The highest BCUT2D eigenvalue weighted by molar-refractivity contribution is 5.35. The number of benzene rings is 1. The Bertz CT molecular complexity index is 417. The molecule has 1 N–H and O–H groups in total. The molecule has 18 heavy (non-hydrogen) atoms. The Kier molecular flexibility index (Phi) is 3.40. The lowest BCUT2D eigenvalue weighted by Crippen LogP contribution is -2.39. The summed E-state index contributed by atoms with van der Waals surface area (Å²) < 4.78 is 0. The summed E-state index contributed by atoms with van der Waals surface area (Å²) in [6.45, 7) is 4.65. The molecule has 3 rings (SSSR count). The van der Waals surface area contributed by atoms with Gasteiger partial charge in [0.15, 0.2) is 0 Å². The standard InChI is InChI=1S/C16H23NO/c1-12-5-4-9-17(10-8-12)15-11-13-6-2-3-7-14(13)16(15)18/h2-3,6-7,12,15-16,18H,4-5,8-11H2,1H3. The van der Waals surface area contributed by atoms with E-state index in [1.807, 2.05) is 6.07 Å². The van der Waals surface area contributed by atoms with E-state index in [0.29, 0.717) is 6.04 Å². The quantitative estimate of drug-likeness (QED) is 0.822. The van der Waals surface area contributed by atoms with E-state index in [9.17, 15) is 5.11 Å². The van der Waals surface area contributed by atoms with Crippen LogP contribution in [-0.4, -0.2) is 29.1 Å². The lowest BCUT2D eigenvalue weighted by molar-refractivity contribution is 0.0621. The Morgan fingerprint density at radius 3 is 2.83 bits per heavy atom. The first-order chi connectivity index (χ1) is 8.75. The van der Waals surface area contributed by atoms with Crippen molar-refractivity contribution in [2.75, 3.05) is 13.1 Å². The largest absolute Gasteiger partial charge is 0.387 e. The van der Waals surface area contributed by atoms with Gasteiger partial charge in [0.25, 0.3) is 0 Å². The van der Waals surface area contributed by atoms with Gasteiger partial charge < -0.3 is 5.11 Å². The van der Waals surface area contributed by atoms with Crippen molar-refractivity contribution in [1.82, 2.24) is 4.90 Å². The van der Waals surface area contributed by atoms with E-state index in [1.165, 1.54) is 24.8 Å². The first-order valence-corrected chi connectivity index (χ1v) is 7.25. The maximum Gasteiger partial charge on any atom is 0.0951 e. The normalized spacial score (nSPS) is 33.1. The summed E-state index contributed by atoms with van der Waals surface area (Å²) in [6.07, 6.45) is 4.63. The third kappa shape index (κ3) is 2.19. The highest BCUT2D eigenvalue weighted by atomic mass is 16.3. The second-order valence-corrected chi connectivity index (χ2v) is 5.99. The van der Waals surface area contributed by atoms with E-state index in [0.717, 1.165) is 31.0 Å². The monoisotopic (exact) mass is 245 g/mol. The molecular formula is C16H23NO. The minimum Gasteiger partial charge on any atom is -0.387 e. The zero-order chi connectivity index (χ0) is 12.5. The molecule has 0 spiro atoms. The van der Waals surface area contributed by atoms with Gasteiger partial charge in [-0.1, -0.05) is 31.2 Å². The van der Waals surface area contributed by atoms with E-state index in [4.69, 9.17) is 0 Å². The van der Waals surface area contributed by atoms with Crippen LogP contribution in [0.1, 0.15) is 43.4 Å². The topological polar surface area (TPSA) is 23.5 Å². The summed E-state index contributed by atoms with van der Waals surface area (Å²) in [6, 6.07) is 8.68. The summed E-state index contributed by atoms with van der Waals surface area (Å²) in [5.41, 5.74) is 2.49. The molecule has 0 aromatic heterocycles. The lowest BCUT2D eigenvalue weighted by atomic mass is 10.0. The van der Waals surface area contributed by atoms with Crippen molar-refractivity contribution < 1.29 is 5.11 Å².